The van der Waals surface area contributed by atoms with Gasteiger partial charge in [0.25, 0.3) is 0 Å². The lowest BCUT2D eigenvalue weighted by molar-refractivity contribution is -0.124. The highest BCUT2D eigenvalue weighted by Gasteiger charge is 2.32. The van der Waals surface area contributed by atoms with E-state index in [2.05, 4.69) is 15.6 Å². The van der Waals surface area contributed by atoms with Crippen molar-refractivity contribution in [1.82, 2.24) is 9.55 Å². The van der Waals surface area contributed by atoms with E-state index in [0.717, 1.165) is 27.8 Å². The molecule has 1 atom stereocenters. The molecule has 2 amide bonds. The van der Waals surface area contributed by atoms with Crippen LogP contribution in [0.1, 0.15) is 23.6 Å². The largest absolute Gasteiger partial charge is 0.324 e. The summed E-state index contributed by atoms with van der Waals surface area (Å²) in [7, 11) is 0. The maximum Gasteiger partial charge on any atom is 0.248 e. The second-order valence-electron chi connectivity index (χ2n) is 6.37. The summed E-state index contributed by atoms with van der Waals surface area (Å²) in [6, 6.07) is 12.8. The molecule has 0 saturated carbocycles. The van der Waals surface area contributed by atoms with Crippen molar-refractivity contribution in [2.45, 2.75) is 26.3 Å². The fraction of sp³-hybridized carbons (Fsp3) is 0.211. The number of hydrogen-bond acceptors (Lipinski definition) is 3. The highest BCUT2D eigenvalue weighted by molar-refractivity contribution is 6.03. The van der Waals surface area contributed by atoms with Crippen molar-refractivity contribution in [1.29, 1.82) is 0 Å². The van der Waals surface area contributed by atoms with E-state index in [-0.39, 0.29) is 18.2 Å². The zero-order valence-electron chi connectivity index (χ0n) is 14.0. The zero-order chi connectivity index (χ0) is 17.6. The van der Waals surface area contributed by atoms with Gasteiger partial charge in [0.2, 0.25) is 17.8 Å². The summed E-state index contributed by atoms with van der Waals surface area (Å²) in [5, 5.41) is 5.72. The zero-order valence-corrected chi connectivity index (χ0v) is 14.0. The summed E-state index contributed by atoms with van der Waals surface area (Å²) >= 11 is 0. The van der Waals surface area contributed by atoms with Crippen LogP contribution in [-0.2, 0) is 9.59 Å². The molecule has 3 aromatic rings. The van der Waals surface area contributed by atoms with Crippen molar-refractivity contribution in [2.24, 2.45) is 0 Å². The summed E-state index contributed by atoms with van der Waals surface area (Å²) in [6.07, 6.45) is 0.0874. The first-order valence-corrected chi connectivity index (χ1v) is 8.18. The standard InChI is InChI=1S/C19H18N4O2/c1-11-7-8-12(2)14(9-11)20-18(25)16-10-17(24)22-19-21-13-5-3-4-6-15(13)23(16)19/h3-9,16H,10H2,1-2H3,(H,20,25)(H,21,22,24)/t16-/m0/s1. The smallest absolute Gasteiger partial charge is 0.248 e. The Bertz CT molecular complexity index is 1010. The van der Waals surface area contributed by atoms with Gasteiger partial charge >= 0.3 is 0 Å². The molecular formula is C19H18N4O2. The Morgan fingerprint density at radius 1 is 1.24 bits per heavy atom. The van der Waals surface area contributed by atoms with Gasteiger partial charge in [-0.15, -0.1) is 0 Å². The van der Waals surface area contributed by atoms with Crippen LogP contribution in [0.3, 0.4) is 0 Å². The molecule has 25 heavy (non-hydrogen) atoms. The number of fused-ring (bicyclic) bond motifs is 3. The average molecular weight is 334 g/mol. The molecule has 6 nitrogen and oxygen atoms in total. The van der Waals surface area contributed by atoms with Crippen LogP contribution in [0.15, 0.2) is 42.5 Å². The Labute approximate surface area is 144 Å². The van der Waals surface area contributed by atoms with Crippen molar-refractivity contribution in [3.8, 4) is 0 Å². The summed E-state index contributed by atoms with van der Waals surface area (Å²) in [5.74, 6) is -0.00422. The molecule has 0 radical (unpaired) electrons. The monoisotopic (exact) mass is 334 g/mol. The summed E-state index contributed by atoms with van der Waals surface area (Å²) in [5.41, 5.74) is 4.40. The first-order chi connectivity index (χ1) is 12.0. The normalized spacial score (nSPS) is 16.4. The first-order valence-electron chi connectivity index (χ1n) is 8.18. The fourth-order valence-electron chi connectivity index (χ4n) is 3.19. The first kappa shape index (κ1) is 15.4. The number of imidazole rings is 1. The van der Waals surface area contributed by atoms with Gasteiger partial charge in [-0.1, -0.05) is 24.3 Å². The van der Waals surface area contributed by atoms with E-state index in [9.17, 15) is 9.59 Å². The summed E-state index contributed by atoms with van der Waals surface area (Å²) < 4.78 is 1.80. The molecule has 4 rings (SSSR count). The summed E-state index contributed by atoms with van der Waals surface area (Å²) in [4.78, 5) is 29.4. The minimum absolute atomic E-state index is 0.0874. The third-order valence-corrected chi connectivity index (χ3v) is 4.49. The lowest BCUT2D eigenvalue weighted by Gasteiger charge is -2.25. The van der Waals surface area contributed by atoms with E-state index in [4.69, 9.17) is 0 Å². The minimum atomic E-state index is -0.629. The van der Waals surface area contributed by atoms with E-state index in [1.54, 1.807) is 4.57 Å². The Balaban J connectivity index is 1.74. The number of nitrogens with one attached hydrogen (secondary N) is 2. The molecule has 0 fully saturated rings. The Morgan fingerprint density at radius 3 is 2.88 bits per heavy atom. The van der Waals surface area contributed by atoms with Crippen molar-refractivity contribution < 1.29 is 9.59 Å². The minimum Gasteiger partial charge on any atom is -0.324 e. The van der Waals surface area contributed by atoms with Gasteiger partial charge in [-0.05, 0) is 43.2 Å². The van der Waals surface area contributed by atoms with Gasteiger partial charge in [-0.3, -0.25) is 19.5 Å². The highest BCUT2D eigenvalue weighted by Crippen LogP contribution is 2.31. The third kappa shape index (κ3) is 2.65. The lowest BCUT2D eigenvalue weighted by atomic mass is 10.1. The molecule has 2 N–H and O–H groups in total. The Kier molecular flexibility index (Phi) is 3.53. The molecule has 0 saturated heterocycles. The molecular weight excluding hydrogens is 316 g/mol. The van der Waals surface area contributed by atoms with Gasteiger partial charge in [0.1, 0.15) is 6.04 Å². The highest BCUT2D eigenvalue weighted by atomic mass is 16.2. The van der Waals surface area contributed by atoms with Gasteiger partial charge < -0.3 is 5.32 Å². The predicted molar refractivity (Wildman–Crippen MR) is 96.6 cm³/mol. The SMILES string of the molecule is Cc1ccc(C)c(NC(=O)[C@@H]2CC(=O)Nc3nc4ccccc4n32)c1. The molecule has 0 bridgehead atoms. The number of hydrogen-bond donors (Lipinski definition) is 2. The average Bonchev–Trinajstić information content (AvgIpc) is 2.95. The van der Waals surface area contributed by atoms with E-state index in [1.807, 2.05) is 56.3 Å². The molecule has 1 aliphatic heterocycles. The number of benzene rings is 2. The van der Waals surface area contributed by atoms with Crippen LogP contribution in [0.4, 0.5) is 11.6 Å². The van der Waals surface area contributed by atoms with Crippen LogP contribution in [0.25, 0.3) is 11.0 Å². The van der Waals surface area contributed by atoms with E-state index in [1.165, 1.54) is 0 Å². The van der Waals surface area contributed by atoms with Crippen LogP contribution in [0.2, 0.25) is 0 Å². The van der Waals surface area contributed by atoms with Gasteiger partial charge in [0.05, 0.1) is 17.5 Å². The summed E-state index contributed by atoms with van der Waals surface area (Å²) in [6.45, 7) is 3.92. The lowest BCUT2D eigenvalue weighted by Crippen LogP contribution is -2.35. The molecule has 0 spiro atoms. The van der Waals surface area contributed by atoms with Gasteiger partial charge in [0, 0.05) is 5.69 Å². The number of carbonyl (C=O) groups is 2. The van der Waals surface area contributed by atoms with Gasteiger partial charge in [-0.25, -0.2) is 4.98 Å². The van der Waals surface area contributed by atoms with Crippen molar-refractivity contribution in [2.75, 3.05) is 10.6 Å². The topological polar surface area (TPSA) is 76.0 Å². The predicted octanol–water partition coefficient (Wildman–Crippen LogP) is 3.18. The Hall–Kier alpha value is -3.15. The van der Waals surface area contributed by atoms with Crippen molar-refractivity contribution in [3.05, 3.63) is 53.6 Å². The molecule has 0 aliphatic carbocycles. The van der Waals surface area contributed by atoms with E-state index in [0.29, 0.717) is 5.95 Å². The van der Waals surface area contributed by atoms with Crippen molar-refractivity contribution >= 4 is 34.5 Å². The molecule has 1 aromatic heterocycles. The van der Waals surface area contributed by atoms with Crippen molar-refractivity contribution in [3.63, 3.8) is 0 Å². The number of aryl methyl sites for hydroxylation is 2. The fourth-order valence-corrected chi connectivity index (χ4v) is 3.19. The van der Waals surface area contributed by atoms with E-state index < -0.39 is 6.04 Å². The number of rotatable bonds is 2. The maximum absolute atomic E-state index is 12.9. The number of nitrogens with zero attached hydrogens (tertiary/aromatic N) is 2. The van der Waals surface area contributed by atoms with E-state index >= 15 is 0 Å². The van der Waals surface area contributed by atoms with Gasteiger partial charge in [0.15, 0.2) is 0 Å². The number of amides is 2. The molecule has 2 aromatic carbocycles. The molecule has 1 aliphatic rings. The molecule has 0 unspecified atom stereocenters. The Morgan fingerprint density at radius 2 is 2.04 bits per heavy atom. The second-order valence-corrected chi connectivity index (χ2v) is 6.37. The van der Waals surface area contributed by atoms with Crippen LogP contribution in [-0.4, -0.2) is 21.4 Å². The number of carbonyl (C=O) groups excluding carboxylic acids is 2. The molecule has 6 heteroatoms. The molecule has 126 valence electrons. The third-order valence-electron chi connectivity index (χ3n) is 4.49. The second kappa shape index (κ2) is 5.73. The van der Waals surface area contributed by atoms with Crippen LogP contribution >= 0.6 is 0 Å². The quantitative estimate of drug-likeness (QED) is 0.756. The van der Waals surface area contributed by atoms with Crippen LogP contribution in [0, 0.1) is 13.8 Å². The number of aromatic nitrogens is 2. The number of para-hydroxylation sites is 2. The van der Waals surface area contributed by atoms with Crippen LogP contribution in [0.5, 0.6) is 0 Å². The number of anilines is 2. The molecule has 2 heterocycles. The van der Waals surface area contributed by atoms with Crippen LogP contribution < -0.4 is 10.6 Å². The van der Waals surface area contributed by atoms with Gasteiger partial charge in [-0.2, -0.15) is 0 Å². The maximum atomic E-state index is 12.9.